The molecule has 1 aliphatic rings. The molecule has 1 heterocycles. The molecule has 0 aromatic carbocycles. The largest absolute Gasteiger partial charge is 0.462 e. The van der Waals surface area contributed by atoms with E-state index in [0.717, 1.165) is 38.5 Å². The lowest BCUT2D eigenvalue weighted by Gasteiger charge is -2.39. The molecular weight excluding hydrogens is 773 g/mol. The number of unbranched alkanes of at least 4 members (excludes halogenated alkanes) is 19. The van der Waals surface area contributed by atoms with Crippen LogP contribution in [0.4, 0.5) is 0 Å². The Morgan fingerprint density at radius 1 is 0.508 bits per heavy atom. The van der Waals surface area contributed by atoms with Crippen LogP contribution in [0.5, 0.6) is 0 Å². The van der Waals surface area contributed by atoms with Crippen molar-refractivity contribution in [1.29, 1.82) is 0 Å². The molecule has 0 radical (unpaired) electrons. The average molecular weight is 861 g/mol. The van der Waals surface area contributed by atoms with Crippen molar-refractivity contribution < 1.29 is 49.0 Å². The predicted molar refractivity (Wildman–Crippen MR) is 247 cm³/mol. The van der Waals surface area contributed by atoms with Crippen molar-refractivity contribution >= 4 is 11.9 Å². The highest BCUT2D eigenvalue weighted by atomic mass is 16.7. The molecule has 0 aliphatic carbocycles. The minimum absolute atomic E-state index is 0.152. The third-order valence-electron chi connectivity index (χ3n) is 10.9. The molecular formula is C51H88O10. The van der Waals surface area contributed by atoms with Gasteiger partial charge in [-0.2, -0.15) is 0 Å². The number of hydrogen-bond acceptors (Lipinski definition) is 10. The first-order chi connectivity index (χ1) is 29.8. The summed E-state index contributed by atoms with van der Waals surface area (Å²) in [6, 6.07) is 0. The van der Waals surface area contributed by atoms with Gasteiger partial charge in [0.2, 0.25) is 0 Å². The molecule has 0 spiro atoms. The second kappa shape index (κ2) is 41.4. The fraction of sp³-hybridized carbons (Fsp3) is 0.765. The van der Waals surface area contributed by atoms with E-state index in [9.17, 15) is 30.0 Å². The van der Waals surface area contributed by atoms with Crippen molar-refractivity contribution in [2.75, 3.05) is 19.8 Å². The van der Waals surface area contributed by atoms with Crippen molar-refractivity contribution in [3.05, 3.63) is 60.8 Å². The van der Waals surface area contributed by atoms with Crippen LogP contribution in [-0.2, 0) is 28.5 Å². The fourth-order valence-electron chi connectivity index (χ4n) is 6.99. The van der Waals surface area contributed by atoms with Gasteiger partial charge >= 0.3 is 11.9 Å². The van der Waals surface area contributed by atoms with Gasteiger partial charge in [-0.1, -0.05) is 171 Å². The molecule has 1 saturated heterocycles. The van der Waals surface area contributed by atoms with E-state index >= 15 is 0 Å². The molecule has 0 saturated carbocycles. The molecule has 10 heteroatoms. The number of carbonyl (C=O) groups is 2. The smallest absolute Gasteiger partial charge is 0.306 e. The summed E-state index contributed by atoms with van der Waals surface area (Å²) in [6.07, 6.45) is 43.7. The Balaban J connectivity index is 2.34. The summed E-state index contributed by atoms with van der Waals surface area (Å²) in [6.45, 7) is 3.34. The highest BCUT2D eigenvalue weighted by Crippen LogP contribution is 2.22. The third kappa shape index (κ3) is 32.7. The Hall–Kier alpha value is -2.60. The molecule has 2 unspecified atom stereocenters. The van der Waals surface area contributed by atoms with Crippen LogP contribution in [0, 0.1) is 0 Å². The van der Waals surface area contributed by atoms with Gasteiger partial charge in [-0.05, 0) is 70.6 Å². The molecule has 0 amide bonds. The van der Waals surface area contributed by atoms with Crippen LogP contribution in [0.1, 0.15) is 194 Å². The first-order valence-electron chi connectivity index (χ1n) is 24.4. The van der Waals surface area contributed by atoms with Crippen LogP contribution in [0.2, 0.25) is 0 Å². The van der Waals surface area contributed by atoms with Gasteiger partial charge in [0.1, 0.15) is 31.0 Å². The Labute approximate surface area is 370 Å². The summed E-state index contributed by atoms with van der Waals surface area (Å²) in [5.74, 6) is -0.875. The topological polar surface area (TPSA) is 152 Å². The van der Waals surface area contributed by atoms with Gasteiger partial charge in [0, 0.05) is 12.8 Å². The van der Waals surface area contributed by atoms with E-state index in [4.69, 9.17) is 18.9 Å². The highest BCUT2D eigenvalue weighted by molar-refractivity contribution is 5.70. The summed E-state index contributed by atoms with van der Waals surface area (Å²) in [7, 11) is 0. The second-order valence-corrected chi connectivity index (χ2v) is 16.6. The molecule has 1 aliphatic heterocycles. The Kier molecular flexibility index (Phi) is 38.3. The van der Waals surface area contributed by atoms with E-state index in [1.807, 2.05) is 6.08 Å². The van der Waals surface area contributed by atoms with Gasteiger partial charge in [-0.25, -0.2) is 0 Å². The zero-order chi connectivity index (χ0) is 44.4. The number of aliphatic hydroxyl groups excluding tert-OH is 4. The number of allylic oxidation sites excluding steroid dienone is 10. The predicted octanol–water partition coefficient (Wildman–Crippen LogP) is 11.0. The van der Waals surface area contributed by atoms with Crippen LogP contribution in [-0.4, -0.2) is 89.0 Å². The highest BCUT2D eigenvalue weighted by Gasteiger charge is 2.44. The summed E-state index contributed by atoms with van der Waals surface area (Å²) in [5, 5.41) is 40.1. The van der Waals surface area contributed by atoms with Gasteiger partial charge in [-0.3, -0.25) is 9.59 Å². The second-order valence-electron chi connectivity index (χ2n) is 16.6. The van der Waals surface area contributed by atoms with Gasteiger partial charge in [-0.15, -0.1) is 0 Å². The molecule has 61 heavy (non-hydrogen) atoms. The summed E-state index contributed by atoms with van der Waals surface area (Å²) in [4.78, 5) is 25.4. The standard InChI is InChI=1S/C51H88O10/c1-3-5-7-9-11-13-15-17-19-20-21-22-23-24-26-28-30-32-34-36-38-40-47(54)60-44(43-59-51-50(57)49(56)48(55)45(41-52)61-51)42-58-46(53)39-37-35-33-31-29-27-25-18-16-14-12-10-8-6-4-2/h10,12,19-20,22-23,26,28,32,34,44-45,48-52,55-57H,3-9,11,13-18,21,24-25,27,29-31,33,35-43H2,1-2H3/b12-10+,20-19+,23-22+,28-26+,34-32+/t44-,45-,48+,49?,50?,51-/m1/s1. The fourth-order valence-corrected chi connectivity index (χ4v) is 6.99. The van der Waals surface area contributed by atoms with E-state index in [-0.39, 0.29) is 26.1 Å². The maximum atomic E-state index is 12.8. The van der Waals surface area contributed by atoms with E-state index in [2.05, 4.69) is 68.5 Å². The number of ether oxygens (including phenoxy) is 4. The number of aliphatic hydroxyl groups is 4. The van der Waals surface area contributed by atoms with Gasteiger partial charge in [0.05, 0.1) is 13.2 Å². The minimum Gasteiger partial charge on any atom is -0.462 e. The zero-order valence-electron chi connectivity index (χ0n) is 38.4. The molecule has 352 valence electrons. The van der Waals surface area contributed by atoms with Crippen molar-refractivity contribution in [3.63, 3.8) is 0 Å². The lowest BCUT2D eigenvalue weighted by molar-refractivity contribution is -0.305. The van der Waals surface area contributed by atoms with Crippen LogP contribution < -0.4 is 0 Å². The van der Waals surface area contributed by atoms with Crippen molar-refractivity contribution in [1.82, 2.24) is 0 Å². The summed E-state index contributed by atoms with van der Waals surface area (Å²) in [5.41, 5.74) is 0. The van der Waals surface area contributed by atoms with Crippen molar-refractivity contribution in [3.8, 4) is 0 Å². The molecule has 1 fully saturated rings. The van der Waals surface area contributed by atoms with Gasteiger partial charge in [0.25, 0.3) is 0 Å². The number of hydrogen-bond donors (Lipinski definition) is 4. The summed E-state index contributed by atoms with van der Waals surface area (Å²) >= 11 is 0. The maximum absolute atomic E-state index is 12.8. The molecule has 6 atom stereocenters. The maximum Gasteiger partial charge on any atom is 0.306 e. The van der Waals surface area contributed by atoms with Crippen LogP contribution in [0.15, 0.2) is 60.8 Å². The lowest BCUT2D eigenvalue weighted by atomic mass is 9.99. The number of esters is 2. The van der Waals surface area contributed by atoms with E-state index in [0.29, 0.717) is 19.3 Å². The Bertz CT molecular complexity index is 1180. The van der Waals surface area contributed by atoms with Crippen molar-refractivity contribution in [2.45, 2.75) is 230 Å². The van der Waals surface area contributed by atoms with Crippen LogP contribution >= 0.6 is 0 Å². The normalized spacial score (nSPS) is 20.3. The number of carbonyl (C=O) groups excluding carboxylic acids is 2. The molecule has 10 nitrogen and oxygen atoms in total. The van der Waals surface area contributed by atoms with Gasteiger partial charge in [0.15, 0.2) is 12.4 Å². The third-order valence-corrected chi connectivity index (χ3v) is 10.9. The number of rotatable bonds is 40. The van der Waals surface area contributed by atoms with Crippen molar-refractivity contribution in [2.24, 2.45) is 0 Å². The lowest BCUT2D eigenvalue weighted by Crippen LogP contribution is -2.59. The summed E-state index contributed by atoms with van der Waals surface area (Å²) < 4.78 is 22.1. The first kappa shape index (κ1) is 56.4. The molecule has 0 bridgehead atoms. The molecule has 0 aromatic heterocycles. The Morgan fingerprint density at radius 3 is 1.49 bits per heavy atom. The van der Waals surface area contributed by atoms with Crippen LogP contribution in [0.3, 0.4) is 0 Å². The average Bonchev–Trinajstić information content (AvgIpc) is 3.26. The van der Waals surface area contributed by atoms with Gasteiger partial charge < -0.3 is 39.4 Å². The quantitative estimate of drug-likeness (QED) is 0.0266. The first-order valence-corrected chi connectivity index (χ1v) is 24.4. The SMILES string of the molecule is CCCC/C=C/CCCCCCCCCCCC(=O)OC[C@H](CO[C@@H]1O[C@H](CO)[C@H](O)C(O)C1O)OC(=O)CCC/C=C/C/C=C/C/C=C/C/C=C/CCCCCCCCC. The molecule has 4 N–H and O–H groups in total. The van der Waals surface area contributed by atoms with Crippen LogP contribution in [0.25, 0.3) is 0 Å². The Morgan fingerprint density at radius 2 is 0.951 bits per heavy atom. The molecule has 0 aromatic rings. The molecule has 1 rings (SSSR count). The van der Waals surface area contributed by atoms with E-state index in [1.165, 1.54) is 109 Å². The monoisotopic (exact) mass is 861 g/mol. The zero-order valence-corrected chi connectivity index (χ0v) is 38.4. The van der Waals surface area contributed by atoms with E-state index in [1.54, 1.807) is 0 Å². The van der Waals surface area contributed by atoms with E-state index < -0.39 is 55.4 Å². The minimum atomic E-state index is -1.61.